The third kappa shape index (κ3) is 4.52. The van der Waals surface area contributed by atoms with Gasteiger partial charge < -0.3 is 19.7 Å². The van der Waals surface area contributed by atoms with E-state index < -0.39 is 10.8 Å². The van der Waals surface area contributed by atoms with E-state index in [-0.39, 0.29) is 0 Å². The molecule has 8 heteroatoms. The highest BCUT2D eigenvalue weighted by molar-refractivity contribution is 7.86. The van der Waals surface area contributed by atoms with Gasteiger partial charge in [0.05, 0.1) is 19.2 Å². The molecule has 3 heterocycles. The highest BCUT2D eigenvalue weighted by atomic mass is 32.2. The van der Waals surface area contributed by atoms with E-state index in [1.807, 2.05) is 36.4 Å². The van der Waals surface area contributed by atoms with E-state index in [1.54, 1.807) is 7.11 Å². The Labute approximate surface area is 196 Å². The number of anilines is 2. The third-order valence-electron chi connectivity index (χ3n) is 6.14. The van der Waals surface area contributed by atoms with Gasteiger partial charge in [-0.05, 0) is 30.7 Å². The first-order valence-electron chi connectivity index (χ1n) is 10.9. The Morgan fingerprint density at radius 3 is 2.82 bits per heavy atom. The molecule has 170 valence electrons. The lowest BCUT2D eigenvalue weighted by atomic mass is 9.83. The van der Waals surface area contributed by atoms with Crippen LogP contribution in [-0.2, 0) is 10.8 Å². The minimum Gasteiger partial charge on any atom is -0.493 e. The molecule has 2 fully saturated rings. The van der Waals surface area contributed by atoms with Crippen molar-refractivity contribution in [3.8, 4) is 23.8 Å². The summed E-state index contributed by atoms with van der Waals surface area (Å²) in [6.45, 7) is 3.68. The Kier molecular flexibility index (Phi) is 5.92. The predicted molar refractivity (Wildman–Crippen MR) is 131 cm³/mol. The van der Waals surface area contributed by atoms with E-state index in [0.29, 0.717) is 29.3 Å². The van der Waals surface area contributed by atoms with E-state index in [1.165, 1.54) is 6.33 Å². The quantitative estimate of drug-likeness (QED) is 0.407. The van der Waals surface area contributed by atoms with Crippen molar-refractivity contribution in [2.45, 2.75) is 6.42 Å². The van der Waals surface area contributed by atoms with Crippen LogP contribution in [0, 0.1) is 17.8 Å². The molecule has 7 nitrogen and oxygen atoms in total. The molecule has 0 saturated carbocycles. The van der Waals surface area contributed by atoms with Crippen LogP contribution in [0.15, 0.2) is 42.7 Å². The summed E-state index contributed by atoms with van der Waals surface area (Å²) in [7, 11) is 1.05. The molecule has 2 aromatic carbocycles. The second-order valence-corrected chi connectivity index (χ2v) is 10.2. The van der Waals surface area contributed by atoms with Crippen LogP contribution in [0.2, 0.25) is 0 Å². The summed E-state index contributed by atoms with van der Waals surface area (Å²) < 4.78 is 23.0. The van der Waals surface area contributed by atoms with Gasteiger partial charge >= 0.3 is 0 Å². The fraction of sp³-hybridized carbons (Fsp3) is 0.360. The molecule has 2 saturated heterocycles. The molecule has 2 aliphatic heterocycles. The monoisotopic (exact) mass is 462 g/mol. The third-order valence-corrected chi connectivity index (χ3v) is 8.01. The first kappa shape index (κ1) is 21.7. The van der Waals surface area contributed by atoms with E-state index in [0.717, 1.165) is 59.7 Å². The van der Waals surface area contributed by atoms with Crippen LogP contribution in [0.5, 0.6) is 11.5 Å². The van der Waals surface area contributed by atoms with Gasteiger partial charge in [0.2, 0.25) is 0 Å². The largest absolute Gasteiger partial charge is 0.493 e. The molecule has 3 aromatic rings. The lowest BCUT2D eigenvalue weighted by Gasteiger charge is -2.55. The van der Waals surface area contributed by atoms with Crippen molar-refractivity contribution in [2.75, 3.05) is 50.2 Å². The number of likely N-dealkylation sites (tertiary alicyclic amines) is 1. The van der Waals surface area contributed by atoms with Crippen LogP contribution >= 0.6 is 0 Å². The van der Waals surface area contributed by atoms with Gasteiger partial charge in [-0.25, -0.2) is 9.97 Å². The minimum absolute atomic E-state index is 0.344. The van der Waals surface area contributed by atoms with Crippen molar-refractivity contribution in [1.29, 1.82) is 0 Å². The molecular formula is C25H26N4O3S. The minimum atomic E-state index is -0.579. The van der Waals surface area contributed by atoms with Crippen molar-refractivity contribution >= 4 is 33.2 Å². The number of ether oxygens (including phenoxy) is 2. The maximum absolute atomic E-state index is 11.4. The summed E-state index contributed by atoms with van der Waals surface area (Å²) in [6.07, 6.45) is 7.96. The number of benzene rings is 2. The molecule has 0 radical (unpaired) electrons. The molecule has 0 atom stereocenters. The van der Waals surface area contributed by atoms with Crippen molar-refractivity contribution in [2.24, 2.45) is 5.41 Å². The van der Waals surface area contributed by atoms with Gasteiger partial charge in [-0.3, -0.25) is 4.21 Å². The molecule has 5 rings (SSSR count). The fourth-order valence-corrected chi connectivity index (χ4v) is 6.26. The zero-order chi connectivity index (χ0) is 22.8. The summed E-state index contributed by atoms with van der Waals surface area (Å²) in [4.78, 5) is 11.2. The zero-order valence-corrected chi connectivity index (χ0v) is 19.4. The van der Waals surface area contributed by atoms with Crippen molar-refractivity contribution in [1.82, 2.24) is 14.9 Å². The fourth-order valence-electron chi connectivity index (χ4n) is 4.61. The zero-order valence-electron chi connectivity index (χ0n) is 18.5. The average Bonchev–Trinajstić information content (AvgIpc) is 2.79. The topological polar surface area (TPSA) is 76.6 Å². The molecule has 0 unspecified atom stereocenters. The summed E-state index contributed by atoms with van der Waals surface area (Å²) in [5, 5.41) is 4.17. The van der Waals surface area contributed by atoms with Gasteiger partial charge in [0.1, 0.15) is 12.1 Å². The van der Waals surface area contributed by atoms with Crippen LogP contribution in [0.4, 0.5) is 11.5 Å². The smallest absolute Gasteiger partial charge is 0.162 e. The number of nitrogens with zero attached hydrogens (tertiary/aromatic N) is 3. The maximum Gasteiger partial charge on any atom is 0.162 e. The second kappa shape index (κ2) is 9.00. The number of rotatable bonds is 8. The number of hydrogen-bond acceptors (Lipinski definition) is 7. The number of hydrogen-bond donors (Lipinski definition) is 1. The average molecular weight is 463 g/mol. The molecular weight excluding hydrogens is 436 g/mol. The number of nitrogens with one attached hydrogen (secondary N) is 1. The van der Waals surface area contributed by atoms with Crippen LogP contribution in [0.1, 0.15) is 12.0 Å². The highest BCUT2D eigenvalue weighted by Crippen LogP contribution is 2.39. The van der Waals surface area contributed by atoms with Gasteiger partial charge in [-0.15, -0.1) is 6.42 Å². The molecule has 0 bridgehead atoms. The maximum atomic E-state index is 11.4. The van der Waals surface area contributed by atoms with Crippen LogP contribution in [0.25, 0.3) is 10.9 Å². The van der Waals surface area contributed by atoms with E-state index >= 15 is 0 Å². The molecule has 1 spiro atoms. The van der Waals surface area contributed by atoms with Crippen molar-refractivity contribution in [3.63, 3.8) is 0 Å². The van der Waals surface area contributed by atoms with Gasteiger partial charge in [0.25, 0.3) is 0 Å². The predicted octanol–water partition coefficient (Wildman–Crippen LogP) is 3.20. The molecule has 0 aliphatic carbocycles. The van der Waals surface area contributed by atoms with Crippen molar-refractivity contribution in [3.05, 3.63) is 48.3 Å². The second-order valence-electron chi connectivity index (χ2n) is 8.73. The van der Waals surface area contributed by atoms with Crippen LogP contribution in [-0.4, -0.2) is 63.9 Å². The Balaban J connectivity index is 1.26. The van der Waals surface area contributed by atoms with E-state index in [9.17, 15) is 4.21 Å². The molecule has 0 amide bonds. The van der Waals surface area contributed by atoms with Crippen LogP contribution in [0.3, 0.4) is 0 Å². The molecule has 1 N–H and O–H groups in total. The number of aromatic nitrogens is 2. The van der Waals surface area contributed by atoms with Gasteiger partial charge in [0, 0.05) is 70.1 Å². The standard InChI is InChI=1S/C25H26N4O3S/c1-3-18-6-4-7-19(10-18)28-24-20-11-23(22(31-2)12-21(20)26-17-27-24)32-9-5-8-29-13-25(14-29)15-33(30)16-25/h1,4,6-7,10-12,17H,5,8-9,13-16H2,2H3,(H,26,27,28). The Morgan fingerprint density at radius 1 is 1.21 bits per heavy atom. The van der Waals surface area contributed by atoms with Gasteiger partial charge in [0.15, 0.2) is 11.5 Å². The SMILES string of the molecule is C#Cc1cccc(Nc2ncnc3cc(OC)c(OCCCN4CC5(C4)CS(=O)C5)cc23)c1. The normalized spacial score (nSPS) is 17.2. The molecule has 1 aromatic heterocycles. The Bertz CT molecular complexity index is 1240. The van der Waals surface area contributed by atoms with Gasteiger partial charge in [-0.1, -0.05) is 12.0 Å². The summed E-state index contributed by atoms with van der Waals surface area (Å²) in [5.41, 5.74) is 2.75. The number of terminal acetylenes is 1. The van der Waals surface area contributed by atoms with E-state index in [4.69, 9.17) is 15.9 Å². The number of fused-ring (bicyclic) bond motifs is 1. The Hall–Kier alpha value is -3.15. The molecule has 33 heavy (non-hydrogen) atoms. The number of methoxy groups -OCH3 is 1. The summed E-state index contributed by atoms with van der Waals surface area (Å²) in [6, 6.07) is 11.4. The van der Waals surface area contributed by atoms with Crippen LogP contribution < -0.4 is 14.8 Å². The van der Waals surface area contributed by atoms with E-state index in [2.05, 4.69) is 26.1 Å². The summed E-state index contributed by atoms with van der Waals surface area (Å²) in [5.74, 6) is 6.37. The first-order chi connectivity index (χ1) is 16.1. The molecule has 2 aliphatic rings. The lowest BCUT2D eigenvalue weighted by Crippen LogP contribution is -2.66. The van der Waals surface area contributed by atoms with Gasteiger partial charge in [-0.2, -0.15) is 0 Å². The first-order valence-corrected chi connectivity index (χ1v) is 12.4. The Morgan fingerprint density at radius 2 is 2.06 bits per heavy atom. The van der Waals surface area contributed by atoms with Crippen molar-refractivity contribution < 1.29 is 13.7 Å². The summed E-state index contributed by atoms with van der Waals surface area (Å²) >= 11 is 0. The lowest BCUT2D eigenvalue weighted by molar-refractivity contribution is 0.0238. The highest BCUT2D eigenvalue weighted by Gasteiger charge is 2.51.